The molecule has 0 aliphatic rings. The number of unbranched alkanes of at least 4 members (excludes halogenated alkanes) is 15. The molecule has 0 saturated heterocycles. The van der Waals surface area contributed by atoms with Gasteiger partial charge in [-0.05, 0) is 12.3 Å². The van der Waals surface area contributed by atoms with Crippen LogP contribution in [0.1, 0.15) is 129 Å². The molecular formula is C22H43S. The molecule has 137 valence electrons. The van der Waals surface area contributed by atoms with Crippen molar-refractivity contribution in [2.45, 2.75) is 129 Å². The van der Waals surface area contributed by atoms with E-state index in [1.807, 2.05) is 0 Å². The van der Waals surface area contributed by atoms with Crippen molar-refractivity contribution in [1.82, 2.24) is 0 Å². The van der Waals surface area contributed by atoms with Crippen LogP contribution in [0.15, 0.2) is 0 Å². The second-order valence-electron chi connectivity index (χ2n) is 7.55. The van der Waals surface area contributed by atoms with Crippen molar-refractivity contribution in [2.24, 2.45) is 5.92 Å². The summed E-state index contributed by atoms with van der Waals surface area (Å²) in [5.74, 6) is 0.749. The monoisotopic (exact) mass is 339 g/mol. The molecule has 0 bridgehead atoms. The van der Waals surface area contributed by atoms with Crippen LogP contribution >= 0.6 is 12.2 Å². The summed E-state index contributed by atoms with van der Waals surface area (Å²) in [6, 6.07) is 0. The van der Waals surface area contributed by atoms with Gasteiger partial charge in [-0.3, -0.25) is 0 Å². The molecule has 0 fully saturated rings. The van der Waals surface area contributed by atoms with Gasteiger partial charge >= 0.3 is 0 Å². The highest BCUT2D eigenvalue weighted by Gasteiger charge is 1.99. The third-order valence-electron chi connectivity index (χ3n) is 4.98. The van der Waals surface area contributed by atoms with Gasteiger partial charge in [-0.2, -0.15) is 0 Å². The second-order valence-corrected chi connectivity index (χ2v) is 7.83. The molecule has 0 nitrogen and oxygen atoms in total. The zero-order chi connectivity index (χ0) is 17.0. The lowest BCUT2D eigenvalue weighted by Gasteiger charge is -2.07. The molecule has 0 spiro atoms. The maximum Gasteiger partial charge on any atom is 0.0294 e. The normalized spacial score (nSPS) is 12.4. The third-order valence-corrected chi connectivity index (χ3v) is 5.15. The predicted octanol–water partition coefficient (Wildman–Crippen LogP) is 8.54. The summed E-state index contributed by atoms with van der Waals surface area (Å²) in [5, 5.41) is 2.86. The quantitative estimate of drug-likeness (QED) is 0.168. The molecule has 0 rings (SSSR count). The van der Waals surface area contributed by atoms with Gasteiger partial charge in [0, 0.05) is 5.37 Å². The first-order chi connectivity index (χ1) is 11.3. The molecule has 0 aliphatic carbocycles. The van der Waals surface area contributed by atoms with Gasteiger partial charge in [-0.25, -0.2) is 0 Å². The Kier molecular flexibility index (Phi) is 20.2. The molecule has 0 aromatic heterocycles. The van der Waals surface area contributed by atoms with Crippen LogP contribution in [-0.2, 0) is 0 Å². The van der Waals surface area contributed by atoms with Crippen LogP contribution in [0.2, 0.25) is 0 Å². The summed E-state index contributed by atoms with van der Waals surface area (Å²) in [5.41, 5.74) is 0. The van der Waals surface area contributed by atoms with E-state index in [1.54, 1.807) is 0 Å². The van der Waals surface area contributed by atoms with Crippen LogP contribution in [0.5, 0.6) is 0 Å². The van der Waals surface area contributed by atoms with Crippen LogP contribution in [0, 0.1) is 5.92 Å². The van der Waals surface area contributed by atoms with Gasteiger partial charge in [0.05, 0.1) is 0 Å². The van der Waals surface area contributed by atoms with Crippen molar-refractivity contribution in [2.75, 3.05) is 0 Å². The van der Waals surface area contributed by atoms with Crippen molar-refractivity contribution in [3.05, 3.63) is 0 Å². The zero-order valence-corrected chi connectivity index (χ0v) is 17.0. The summed E-state index contributed by atoms with van der Waals surface area (Å²) in [7, 11) is 0. The average molecular weight is 340 g/mol. The van der Waals surface area contributed by atoms with Gasteiger partial charge in [0.1, 0.15) is 0 Å². The molecular weight excluding hydrogens is 296 g/mol. The first-order valence-electron chi connectivity index (χ1n) is 10.7. The van der Waals surface area contributed by atoms with Crippen molar-refractivity contribution in [1.29, 1.82) is 0 Å². The number of rotatable bonds is 19. The Hall–Kier alpha value is 0.0900. The van der Waals surface area contributed by atoms with E-state index in [9.17, 15) is 0 Å². The van der Waals surface area contributed by atoms with E-state index in [4.69, 9.17) is 12.2 Å². The van der Waals surface area contributed by atoms with Crippen LogP contribution in [0.4, 0.5) is 0 Å². The lowest BCUT2D eigenvalue weighted by atomic mass is 9.99. The molecule has 23 heavy (non-hydrogen) atoms. The van der Waals surface area contributed by atoms with Crippen LogP contribution in [-0.4, -0.2) is 5.37 Å². The van der Waals surface area contributed by atoms with Crippen molar-refractivity contribution >= 4 is 17.6 Å². The summed E-state index contributed by atoms with van der Waals surface area (Å²) >= 11 is 4.79. The highest BCUT2D eigenvalue weighted by Crippen LogP contribution is 2.16. The smallest absolute Gasteiger partial charge is 0.0294 e. The van der Waals surface area contributed by atoms with E-state index in [2.05, 4.69) is 19.2 Å². The minimum absolute atomic E-state index is 0.749. The largest absolute Gasteiger partial charge is 0.0837 e. The summed E-state index contributed by atoms with van der Waals surface area (Å²) in [4.78, 5) is 0. The molecule has 0 N–H and O–H groups in total. The summed E-state index contributed by atoms with van der Waals surface area (Å²) < 4.78 is 0. The van der Waals surface area contributed by atoms with Gasteiger partial charge in [-0.1, -0.05) is 135 Å². The Morgan fingerprint density at radius 3 is 1.30 bits per heavy atom. The number of thiocarbonyl (C=S) groups is 1. The topological polar surface area (TPSA) is 0 Å². The molecule has 1 atom stereocenters. The predicted molar refractivity (Wildman–Crippen MR) is 111 cm³/mol. The van der Waals surface area contributed by atoms with E-state index < -0.39 is 0 Å². The summed E-state index contributed by atoms with van der Waals surface area (Å²) in [6.45, 7) is 4.59. The van der Waals surface area contributed by atoms with E-state index >= 15 is 0 Å². The third kappa shape index (κ3) is 20.0. The van der Waals surface area contributed by atoms with Gasteiger partial charge in [0.25, 0.3) is 0 Å². The molecule has 0 aromatic rings. The average Bonchev–Trinajstić information content (AvgIpc) is 2.54. The molecule has 0 aliphatic heterocycles. The first kappa shape index (κ1) is 23.1. The zero-order valence-electron chi connectivity index (χ0n) is 16.2. The maximum absolute atomic E-state index is 4.79. The molecule has 0 heterocycles. The molecule has 0 amide bonds. The van der Waals surface area contributed by atoms with E-state index in [-0.39, 0.29) is 0 Å². The second kappa shape index (κ2) is 20.1. The lowest BCUT2D eigenvalue weighted by molar-refractivity contribution is 0.491. The van der Waals surface area contributed by atoms with Gasteiger partial charge in [0.2, 0.25) is 0 Å². The van der Waals surface area contributed by atoms with Gasteiger partial charge < -0.3 is 0 Å². The first-order valence-corrected chi connectivity index (χ1v) is 11.1. The molecule has 1 unspecified atom stereocenters. The number of hydrogen-bond acceptors (Lipinski definition) is 1. The van der Waals surface area contributed by atoms with Crippen LogP contribution in [0.3, 0.4) is 0 Å². The minimum Gasteiger partial charge on any atom is -0.0837 e. The van der Waals surface area contributed by atoms with Crippen molar-refractivity contribution in [3.8, 4) is 0 Å². The van der Waals surface area contributed by atoms with Crippen molar-refractivity contribution in [3.63, 3.8) is 0 Å². The SMILES string of the molecule is CCCCCCCCCCCCCCCCCCC(C)C[C]=S. The molecule has 0 saturated carbocycles. The Morgan fingerprint density at radius 2 is 0.957 bits per heavy atom. The van der Waals surface area contributed by atoms with Crippen LogP contribution < -0.4 is 0 Å². The van der Waals surface area contributed by atoms with Gasteiger partial charge in [0.15, 0.2) is 0 Å². The van der Waals surface area contributed by atoms with E-state index in [0.717, 1.165) is 12.3 Å². The fourth-order valence-corrected chi connectivity index (χ4v) is 3.57. The molecule has 0 aromatic carbocycles. The maximum atomic E-state index is 4.79. The standard InChI is InChI=1S/C22H43S/c1-3-4-5-6-7-8-9-10-11-12-13-14-15-16-17-18-19-22(2)20-21-23/h22H,3-20H2,1-2H3. The molecule has 1 heteroatoms. The lowest BCUT2D eigenvalue weighted by Crippen LogP contribution is -1.94. The van der Waals surface area contributed by atoms with Gasteiger partial charge in [-0.15, -0.1) is 0 Å². The fourth-order valence-electron chi connectivity index (χ4n) is 3.29. The summed E-state index contributed by atoms with van der Waals surface area (Å²) in [6.07, 6.45) is 25.5. The fraction of sp³-hybridized carbons (Fsp3) is 0.955. The Labute approximate surface area is 153 Å². The highest BCUT2D eigenvalue weighted by atomic mass is 32.1. The Balaban J connectivity index is 3.01. The van der Waals surface area contributed by atoms with E-state index in [1.165, 1.54) is 109 Å². The minimum atomic E-state index is 0.749. The molecule has 1 radical (unpaired) electrons. The Morgan fingerprint density at radius 1 is 0.609 bits per heavy atom. The highest BCUT2D eigenvalue weighted by molar-refractivity contribution is 7.78. The Bertz CT molecular complexity index is 224. The number of hydrogen-bond donors (Lipinski definition) is 0. The van der Waals surface area contributed by atoms with Crippen LogP contribution in [0.25, 0.3) is 0 Å². The van der Waals surface area contributed by atoms with Crippen molar-refractivity contribution < 1.29 is 0 Å². The van der Waals surface area contributed by atoms with E-state index in [0.29, 0.717) is 0 Å².